The van der Waals surface area contributed by atoms with Crippen LogP contribution in [0.4, 0.5) is 5.69 Å². The van der Waals surface area contributed by atoms with E-state index >= 15 is 0 Å². The maximum Gasteiger partial charge on any atom is 0.262 e. The quantitative estimate of drug-likeness (QED) is 0.476. The summed E-state index contributed by atoms with van der Waals surface area (Å²) in [6.45, 7) is 5.65. The average Bonchev–Trinajstić information content (AvgIpc) is 3.32. The predicted octanol–water partition coefficient (Wildman–Crippen LogP) is 5.40. The van der Waals surface area contributed by atoms with Gasteiger partial charge in [-0.15, -0.1) is 11.3 Å². The lowest BCUT2D eigenvalue weighted by Gasteiger charge is -1.99. The van der Waals surface area contributed by atoms with Crippen molar-refractivity contribution in [1.82, 2.24) is 9.38 Å². The van der Waals surface area contributed by atoms with E-state index in [-0.39, 0.29) is 0 Å². The number of thiophene rings is 1. The summed E-state index contributed by atoms with van der Waals surface area (Å²) in [6, 6.07) is 5.35. The molecule has 0 saturated heterocycles. The number of carbonyl (C=O) groups excluding carboxylic acids is 1. The smallest absolute Gasteiger partial charge is 0.262 e. The number of hydrogen-bond acceptors (Lipinski definition) is 5. The number of allylic oxidation sites excluding steroid dienone is 5. The van der Waals surface area contributed by atoms with Crippen molar-refractivity contribution in [2.45, 2.75) is 19.8 Å². The number of methoxy groups -OCH3 is 1. The van der Waals surface area contributed by atoms with Gasteiger partial charge in [0.1, 0.15) is 16.3 Å². The Morgan fingerprint density at radius 3 is 2.77 bits per heavy atom. The minimum Gasteiger partial charge on any atom is -0.495 e. The van der Waals surface area contributed by atoms with E-state index < -0.39 is 5.91 Å². The molecule has 0 fully saturated rings. The molecule has 0 spiro atoms. The van der Waals surface area contributed by atoms with Crippen molar-refractivity contribution in [2.75, 3.05) is 12.8 Å². The van der Waals surface area contributed by atoms with E-state index in [9.17, 15) is 4.79 Å². The fourth-order valence-electron chi connectivity index (χ4n) is 2.56. The Hall–Kier alpha value is -3.03. The first-order valence-electron chi connectivity index (χ1n) is 9.25. The second kappa shape index (κ2) is 11.2. The summed E-state index contributed by atoms with van der Waals surface area (Å²) in [7, 11) is 1.51. The number of amides is 1. The van der Waals surface area contributed by atoms with Crippen molar-refractivity contribution in [1.29, 1.82) is 0 Å². The van der Waals surface area contributed by atoms with Gasteiger partial charge in [-0.25, -0.2) is 4.98 Å². The van der Waals surface area contributed by atoms with Gasteiger partial charge < -0.3 is 16.2 Å². The molecule has 30 heavy (non-hydrogen) atoms. The molecule has 0 atom stereocenters. The third-order valence-corrected chi connectivity index (χ3v) is 5.41. The standard InChI is InChI=1S/C13H12N4O2S.C9H13Cl/c1-19-9-5-10(20-12(9)13(15)18)8-6-16-11-4-7(14)2-3-17(8)11;1-3-5-6-8-9(10)7-4-2/h2-6H,14H2,1H3,(H2,15,18);3,5-6,8H,1,4,7H2,2H3/b;6-5-,9-8+. The number of nitrogen functional groups attached to an aromatic ring is 1. The van der Waals surface area contributed by atoms with Crippen LogP contribution in [-0.4, -0.2) is 22.4 Å². The number of rotatable bonds is 7. The molecule has 3 aromatic rings. The largest absolute Gasteiger partial charge is 0.495 e. The molecule has 0 aliphatic rings. The van der Waals surface area contributed by atoms with Crippen LogP contribution in [0.1, 0.15) is 29.4 Å². The Bertz CT molecular complexity index is 1080. The summed E-state index contributed by atoms with van der Waals surface area (Å²) in [5, 5.41) is 0.903. The normalized spacial score (nSPS) is 11.4. The van der Waals surface area contributed by atoms with Crippen LogP contribution in [0, 0.1) is 0 Å². The number of pyridine rings is 1. The molecule has 8 heteroatoms. The SMILES string of the molecule is C=C/C=C\C=C(\Cl)CCC.COc1cc(-c2cnc3cc(N)ccn23)sc1C(N)=O. The minimum atomic E-state index is -0.504. The Morgan fingerprint density at radius 2 is 2.17 bits per heavy atom. The molecular formula is C22H25ClN4O2S. The van der Waals surface area contributed by atoms with Crippen LogP contribution >= 0.6 is 22.9 Å². The van der Waals surface area contributed by atoms with E-state index in [2.05, 4.69) is 18.5 Å². The highest BCUT2D eigenvalue weighted by molar-refractivity contribution is 7.17. The predicted molar refractivity (Wildman–Crippen MR) is 126 cm³/mol. The van der Waals surface area contributed by atoms with Crippen molar-refractivity contribution in [3.8, 4) is 16.3 Å². The second-order valence-electron chi connectivity index (χ2n) is 6.19. The summed E-state index contributed by atoms with van der Waals surface area (Å²) in [5.41, 5.74) is 13.3. The zero-order valence-corrected chi connectivity index (χ0v) is 18.5. The van der Waals surface area contributed by atoms with Crippen molar-refractivity contribution in [3.05, 3.63) is 71.4 Å². The van der Waals surface area contributed by atoms with E-state index in [1.165, 1.54) is 18.4 Å². The van der Waals surface area contributed by atoms with Crippen LogP contribution in [-0.2, 0) is 0 Å². The molecule has 4 N–H and O–H groups in total. The number of carbonyl (C=O) groups is 1. The third kappa shape index (κ3) is 5.98. The summed E-state index contributed by atoms with van der Waals surface area (Å²) in [4.78, 5) is 16.9. The van der Waals surface area contributed by atoms with Crippen LogP contribution in [0.3, 0.4) is 0 Å². The monoisotopic (exact) mass is 444 g/mol. The molecule has 0 aliphatic heterocycles. The van der Waals surface area contributed by atoms with Crippen LogP contribution in [0.5, 0.6) is 5.75 Å². The molecule has 0 radical (unpaired) electrons. The van der Waals surface area contributed by atoms with Crippen LogP contribution in [0.15, 0.2) is 66.5 Å². The van der Waals surface area contributed by atoms with Gasteiger partial charge in [-0.2, -0.15) is 0 Å². The number of fused-ring (bicyclic) bond motifs is 1. The fraction of sp³-hybridized carbons (Fsp3) is 0.182. The van der Waals surface area contributed by atoms with E-state index in [0.29, 0.717) is 16.3 Å². The molecule has 158 valence electrons. The topological polar surface area (TPSA) is 95.6 Å². The number of hydrogen-bond donors (Lipinski definition) is 2. The number of ether oxygens (including phenoxy) is 1. The van der Waals surface area contributed by atoms with E-state index in [4.69, 9.17) is 27.8 Å². The van der Waals surface area contributed by atoms with Crippen molar-refractivity contribution >= 4 is 40.2 Å². The van der Waals surface area contributed by atoms with Crippen LogP contribution in [0.2, 0.25) is 0 Å². The molecule has 3 rings (SSSR count). The van der Waals surface area contributed by atoms with Crippen molar-refractivity contribution < 1.29 is 9.53 Å². The number of primary amides is 1. The molecule has 6 nitrogen and oxygen atoms in total. The fourth-order valence-corrected chi connectivity index (χ4v) is 3.81. The van der Waals surface area contributed by atoms with Gasteiger partial charge in [-0.3, -0.25) is 9.20 Å². The lowest BCUT2D eigenvalue weighted by molar-refractivity contribution is 0.100. The molecule has 3 aromatic heterocycles. The Morgan fingerprint density at radius 1 is 1.40 bits per heavy atom. The molecule has 0 saturated carbocycles. The lowest BCUT2D eigenvalue weighted by atomic mass is 10.3. The van der Waals surface area contributed by atoms with Crippen LogP contribution in [0.25, 0.3) is 16.2 Å². The third-order valence-electron chi connectivity index (χ3n) is 3.94. The summed E-state index contributed by atoms with van der Waals surface area (Å²) < 4.78 is 7.07. The average molecular weight is 445 g/mol. The molecule has 1 amide bonds. The van der Waals surface area contributed by atoms with Gasteiger partial charge in [0, 0.05) is 29.0 Å². The summed E-state index contributed by atoms with van der Waals surface area (Å²) in [6.07, 6.45) is 13.0. The highest BCUT2D eigenvalue weighted by atomic mass is 35.5. The summed E-state index contributed by atoms with van der Waals surface area (Å²) >= 11 is 7.07. The highest BCUT2D eigenvalue weighted by Gasteiger charge is 2.17. The first kappa shape index (κ1) is 23.3. The maximum atomic E-state index is 11.4. The molecule has 0 aromatic carbocycles. The number of halogens is 1. The first-order chi connectivity index (χ1) is 14.4. The van der Waals surface area contributed by atoms with E-state index in [1.807, 2.05) is 28.8 Å². The lowest BCUT2D eigenvalue weighted by Crippen LogP contribution is -2.09. The Kier molecular flexibility index (Phi) is 8.70. The molecular weight excluding hydrogens is 420 g/mol. The number of nitrogens with zero attached hydrogens (tertiary/aromatic N) is 2. The Balaban J connectivity index is 0.000000274. The molecule has 3 heterocycles. The second-order valence-corrected chi connectivity index (χ2v) is 7.73. The zero-order chi connectivity index (χ0) is 22.1. The van der Waals surface area contributed by atoms with Gasteiger partial charge in [0.25, 0.3) is 5.91 Å². The van der Waals surface area contributed by atoms with Gasteiger partial charge in [0.2, 0.25) is 0 Å². The minimum absolute atomic E-state index is 0.396. The number of aromatic nitrogens is 2. The van der Waals surface area contributed by atoms with Gasteiger partial charge >= 0.3 is 0 Å². The van der Waals surface area contributed by atoms with Crippen LogP contribution < -0.4 is 16.2 Å². The molecule has 0 aliphatic carbocycles. The highest BCUT2D eigenvalue weighted by Crippen LogP contribution is 2.36. The zero-order valence-electron chi connectivity index (χ0n) is 17.0. The first-order valence-corrected chi connectivity index (χ1v) is 10.4. The van der Waals surface area contributed by atoms with Crippen molar-refractivity contribution in [3.63, 3.8) is 0 Å². The summed E-state index contributed by atoms with van der Waals surface area (Å²) in [5.74, 6) is -0.0286. The van der Waals surface area contributed by atoms with Gasteiger partial charge in [-0.05, 0) is 18.6 Å². The van der Waals surface area contributed by atoms with Gasteiger partial charge in [-0.1, -0.05) is 49.8 Å². The molecule has 0 bridgehead atoms. The number of nitrogens with two attached hydrogens (primary N) is 2. The van der Waals surface area contributed by atoms with E-state index in [1.54, 1.807) is 30.5 Å². The Labute approximate surface area is 185 Å². The maximum absolute atomic E-state index is 11.4. The van der Waals surface area contributed by atoms with Crippen molar-refractivity contribution in [2.24, 2.45) is 5.73 Å². The number of anilines is 1. The van der Waals surface area contributed by atoms with E-state index in [0.717, 1.165) is 34.1 Å². The van der Waals surface area contributed by atoms with Gasteiger partial charge in [0.15, 0.2) is 0 Å². The van der Waals surface area contributed by atoms with Gasteiger partial charge in [0.05, 0.1) is 23.9 Å². The number of imidazole rings is 1. The molecule has 0 unspecified atom stereocenters.